The molecular weight excluding hydrogens is 144 g/mol. The minimum Gasteiger partial charge on any atom is -0.0651 e. The fourth-order valence-electron chi connectivity index (χ4n) is 1.41. The van der Waals surface area contributed by atoms with Gasteiger partial charge in [-0.1, -0.05) is 50.6 Å². The molecule has 65 valence electrons. The highest BCUT2D eigenvalue weighted by Gasteiger charge is 2.03. The predicted octanol–water partition coefficient (Wildman–Crippen LogP) is 3.48. The Labute approximate surface area is 75.6 Å². The van der Waals surface area contributed by atoms with Crippen LogP contribution in [0.2, 0.25) is 0 Å². The molecule has 0 heteroatoms. The van der Waals surface area contributed by atoms with E-state index in [-0.39, 0.29) is 0 Å². The molecule has 1 rings (SSSR count). The van der Waals surface area contributed by atoms with Crippen molar-refractivity contribution in [2.45, 2.75) is 26.7 Å². The standard InChI is InChI=1S/C12H17/c1-3-11(4-2)10-12-8-6-5-7-9-12/h3,5-9,11H,4,10H2,1-2H3. The topological polar surface area (TPSA) is 0 Å². The van der Waals surface area contributed by atoms with Crippen LogP contribution in [0.3, 0.4) is 0 Å². The van der Waals surface area contributed by atoms with Gasteiger partial charge in [-0.25, -0.2) is 0 Å². The molecule has 0 saturated carbocycles. The van der Waals surface area contributed by atoms with Crippen LogP contribution < -0.4 is 0 Å². The molecule has 0 aliphatic heterocycles. The van der Waals surface area contributed by atoms with Crippen molar-refractivity contribution in [2.75, 3.05) is 0 Å². The Hall–Kier alpha value is -0.780. The van der Waals surface area contributed by atoms with E-state index >= 15 is 0 Å². The molecule has 0 N–H and O–H groups in total. The predicted molar refractivity (Wildman–Crippen MR) is 53.9 cm³/mol. The average molecular weight is 161 g/mol. The van der Waals surface area contributed by atoms with Crippen molar-refractivity contribution in [3.05, 3.63) is 42.3 Å². The van der Waals surface area contributed by atoms with Gasteiger partial charge < -0.3 is 0 Å². The first kappa shape index (κ1) is 9.31. The Morgan fingerprint density at radius 3 is 2.42 bits per heavy atom. The molecular formula is C12H17. The maximum atomic E-state index is 2.30. The summed E-state index contributed by atoms with van der Waals surface area (Å²) < 4.78 is 0. The Bertz CT molecular complexity index is 197. The molecule has 1 aromatic rings. The van der Waals surface area contributed by atoms with Crippen molar-refractivity contribution in [2.24, 2.45) is 5.92 Å². The van der Waals surface area contributed by atoms with E-state index in [1.807, 2.05) is 0 Å². The molecule has 0 heterocycles. The summed E-state index contributed by atoms with van der Waals surface area (Å²) in [5.41, 5.74) is 1.45. The van der Waals surface area contributed by atoms with Crippen LogP contribution in [0.15, 0.2) is 30.3 Å². The second kappa shape index (κ2) is 4.97. The second-order valence-corrected chi connectivity index (χ2v) is 3.19. The summed E-state index contributed by atoms with van der Waals surface area (Å²) in [6, 6.07) is 10.7. The van der Waals surface area contributed by atoms with E-state index in [1.54, 1.807) is 0 Å². The third-order valence-electron chi connectivity index (χ3n) is 2.34. The Balaban J connectivity index is 2.51. The third-order valence-corrected chi connectivity index (χ3v) is 2.34. The molecule has 0 amide bonds. The van der Waals surface area contributed by atoms with E-state index in [0.717, 1.165) is 5.92 Å². The van der Waals surface area contributed by atoms with Gasteiger partial charge >= 0.3 is 0 Å². The number of hydrogen-bond donors (Lipinski definition) is 0. The minimum atomic E-state index is 0.743. The molecule has 1 atom stereocenters. The van der Waals surface area contributed by atoms with Crippen molar-refractivity contribution in [1.82, 2.24) is 0 Å². The van der Waals surface area contributed by atoms with Gasteiger partial charge in [-0.05, 0) is 24.3 Å². The van der Waals surface area contributed by atoms with Gasteiger partial charge in [0.15, 0.2) is 0 Å². The zero-order valence-corrected chi connectivity index (χ0v) is 7.96. The summed E-state index contributed by atoms with van der Waals surface area (Å²) in [5.74, 6) is 0.743. The second-order valence-electron chi connectivity index (χ2n) is 3.19. The lowest BCUT2D eigenvalue weighted by atomic mass is 9.95. The third kappa shape index (κ3) is 2.69. The monoisotopic (exact) mass is 161 g/mol. The quantitative estimate of drug-likeness (QED) is 0.634. The lowest BCUT2D eigenvalue weighted by Crippen LogP contribution is -2.01. The molecule has 0 nitrogen and oxygen atoms in total. The maximum absolute atomic E-state index is 2.30. The van der Waals surface area contributed by atoms with Gasteiger partial charge in [0.25, 0.3) is 0 Å². The number of rotatable bonds is 4. The van der Waals surface area contributed by atoms with Crippen LogP contribution in [0.1, 0.15) is 25.8 Å². The summed E-state index contributed by atoms with van der Waals surface area (Å²) in [6.07, 6.45) is 4.73. The summed E-state index contributed by atoms with van der Waals surface area (Å²) in [4.78, 5) is 0. The Kier molecular flexibility index (Phi) is 3.86. The highest BCUT2D eigenvalue weighted by molar-refractivity contribution is 5.15. The average Bonchev–Trinajstić information content (AvgIpc) is 2.16. The van der Waals surface area contributed by atoms with E-state index in [2.05, 4.69) is 50.6 Å². The van der Waals surface area contributed by atoms with Gasteiger partial charge in [-0.2, -0.15) is 0 Å². The maximum Gasteiger partial charge on any atom is -0.0248 e. The summed E-state index contributed by atoms with van der Waals surface area (Å²) in [7, 11) is 0. The van der Waals surface area contributed by atoms with Gasteiger partial charge in [-0.15, -0.1) is 0 Å². The molecule has 0 spiro atoms. The smallest absolute Gasteiger partial charge is 0.0248 e. The van der Waals surface area contributed by atoms with Crippen molar-refractivity contribution in [1.29, 1.82) is 0 Å². The van der Waals surface area contributed by atoms with Gasteiger partial charge in [0.05, 0.1) is 0 Å². The largest absolute Gasteiger partial charge is 0.0651 e. The van der Waals surface area contributed by atoms with Crippen molar-refractivity contribution in [3.8, 4) is 0 Å². The molecule has 12 heavy (non-hydrogen) atoms. The molecule has 0 fully saturated rings. The van der Waals surface area contributed by atoms with Crippen molar-refractivity contribution < 1.29 is 0 Å². The van der Waals surface area contributed by atoms with Crippen LogP contribution in [0.5, 0.6) is 0 Å². The van der Waals surface area contributed by atoms with E-state index in [1.165, 1.54) is 18.4 Å². The van der Waals surface area contributed by atoms with Crippen LogP contribution in [0, 0.1) is 12.3 Å². The molecule has 1 unspecified atom stereocenters. The minimum absolute atomic E-state index is 0.743. The molecule has 1 aromatic carbocycles. The SMILES string of the molecule is C[CH]C(CC)Cc1ccccc1. The Morgan fingerprint density at radius 1 is 1.25 bits per heavy atom. The number of hydrogen-bond acceptors (Lipinski definition) is 0. The lowest BCUT2D eigenvalue weighted by molar-refractivity contribution is 0.582. The lowest BCUT2D eigenvalue weighted by Gasteiger charge is -2.10. The van der Waals surface area contributed by atoms with Crippen LogP contribution in [0.4, 0.5) is 0 Å². The molecule has 0 saturated heterocycles. The normalized spacial score (nSPS) is 10.6. The van der Waals surface area contributed by atoms with E-state index < -0.39 is 0 Å². The van der Waals surface area contributed by atoms with Crippen LogP contribution >= 0.6 is 0 Å². The first-order valence-electron chi connectivity index (χ1n) is 4.70. The molecule has 0 aliphatic rings. The van der Waals surface area contributed by atoms with Gasteiger partial charge in [-0.3, -0.25) is 0 Å². The van der Waals surface area contributed by atoms with E-state index in [0.29, 0.717) is 0 Å². The van der Waals surface area contributed by atoms with E-state index in [4.69, 9.17) is 0 Å². The number of benzene rings is 1. The zero-order valence-electron chi connectivity index (χ0n) is 7.96. The first-order chi connectivity index (χ1) is 5.86. The fourth-order valence-corrected chi connectivity index (χ4v) is 1.41. The Morgan fingerprint density at radius 2 is 1.92 bits per heavy atom. The molecule has 0 bridgehead atoms. The highest BCUT2D eigenvalue weighted by atomic mass is 14.1. The summed E-state index contributed by atoms with van der Waals surface area (Å²) in [6.45, 7) is 4.39. The molecule has 1 radical (unpaired) electrons. The van der Waals surface area contributed by atoms with Crippen LogP contribution in [-0.2, 0) is 6.42 Å². The van der Waals surface area contributed by atoms with Gasteiger partial charge in [0, 0.05) is 0 Å². The summed E-state index contributed by atoms with van der Waals surface area (Å²) in [5, 5.41) is 0. The van der Waals surface area contributed by atoms with Gasteiger partial charge in [0.1, 0.15) is 0 Å². The summed E-state index contributed by atoms with van der Waals surface area (Å²) >= 11 is 0. The first-order valence-corrected chi connectivity index (χ1v) is 4.70. The van der Waals surface area contributed by atoms with Gasteiger partial charge in [0.2, 0.25) is 0 Å². The van der Waals surface area contributed by atoms with E-state index in [9.17, 15) is 0 Å². The van der Waals surface area contributed by atoms with Crippen molar-refractivity contribution >= 4 is 0 Å². The van der Waals surface area contributed by atoms with Crippen LogP contribution in [-0.4, -0.2) is 0 Å². The molecule has 0 aliphatic carbocycles. The highest BCUT2D eigenvalue weighted by Crippen LogP contribution is 2.13. The fraction of sp³-hybridized carbons (Fsp3) is 0.417. The van der Waals surface area contributed by atoms with Crippen LogP contribution in [0.25, 0.3) is 0 Å². The zero-order chi connectivity index (χ0) is 8.81. The van der Waals surface area contributed by atoms with Crippen molar-refractivity contribution in [3.63, 3.8) is 0 Å². The molecule has 0 aromatic heterocycles.